The van der Waals surface area contributed by atoms with Crippen LogP contribution in [0.1, 0.15) is 52.4 Å². The van der Waals surface area contributed by atoms with Crippen LogP contribution in [-0.2, 0) is 28.8 Å². The quantitative estimate of drug-likeness (QED) is 0.0957. The highest BCUT2D eigenvalue weighted by Gasteiger charge is 2.32. The van der Waals surface area contributed by atoms with Crippen molar-refractivity contribution in [2.45, 2.75) is 76.5 Å². The first kappa shape index (κ1) is 30.7. The van der Waals surface area contributed by atoms with Crippen LogP contribution in [0.25, 0.3) is 0 Å². The zero-order valence-electron chi connectivity index (χ0n) is 19.5. The molecule has 0 saturated heterocycles. The highest BCUT2D eigenvalue weighted by Crippen LogP contribution is 2.08. The Balaban J connectivity index is 5.46. The van der Waals surface area contributed by atoms with E-state index < -0.39 is 72.5 Å². The second-order valence-electron chi connectivity index (χ2n) is 8.38. The molecule has 0 rings (SSSR count). The third-order valence-corrected chi connectivity index (χ3v) is 4.70. The first-order valence-corrected chi connectivity index (χ1v) is 10.9. The van der Waals surface area contributed by atoms with Gasteiger partial charge in [0.2, 0.25) is 29.5 Å². The Labute approximate surface area is 197 Å². The number of carbonyl (C=O) groups excluding carboxylic acids is 5. The number of primary amides is 2. The number of carboxylic acids is 1. The molecular formula is C20H37N7O7. The third kappa shape index (κ3) is 12.7. The van der Waals surface area contributed by atoms with Crippen LogP contribution in [0.5, 0.6) is 0 Å². The van der Waals surface area contributed by atoms with E-state index in [9.17, 15) is 28.8 Å². The summed E-state index contributed by atoms with van der Waals surface area (Å²) in [4.78, 5) is 71.7. The number of hydrogen-bond donors (Lipinski definition) is 8. The maximum absolute atomic E-state index is 12.9. The minimum absolute atomic E-state index is 0.0418. The molecule has 0 radical (unpaired) electrons. The highest BCUT2D eigenvalue weighted by atomic mass is 16.4. The van der Waals surface area contributed by atoms with Crippen molar-refractivity contribution in [2.24, 2.45) is 28.9 Å². The van der Waals surface area contributed by atoms with Gasteiger partial charge in [-0.3, -0.25) is 24.0 Å². The number of carbonyl (C=O) groups is 6. The van der Waals surface area contributed by atoms with E-state index in [1.165, 1.54) is 0 Å². The van der Waals surface area contributed by atoms with Crippen molar-refractivity contribution in [3.8, 4) is 0 Å². The summed E-state index contributed by atoms with van der Waals surface area (Å²) in [6, 6.07) is -5.18. The molecule has 0 spiro atoms. The van der Waals surface area contributed by atoms with Crippen LogP contribution in [0.15, 0.2) is 0 Å². The van der Waals surface area contributed by atoms with Crippen molar-refractivity contribution < 1.29 is 33.9 Å². The molecule has 12 N–H and O–H groups in total. The Bertz CT molecular complexity index is 745. The van der Waals surface area contributed by atoms with E-state index in [4.69, 9.17) is 28.0 Å². The standard InChI is InChI=1S/C20H37N7O7/c1-10(2)7-12(25-17(30)11(22)5-3-4-6-21)18(31)26-13(8-15(23)28)19(32)27-14(20(33)34)9-16(24)29/h10-14H,3-9,21-22H2,1-2H3,(H2,23,28)(H2,24,29)(H,25,30)(H,26,31)(H,27,32)(H,33,34). The Morgan fingerprint density at radius 3 is 1.71 bits per heavy atom. The van der Waals surface area contributed by atoms with Crippen molar-refractivity contribution in [1.82, 2.24) is 16.0 Å². The van der Waals surface area contributed by atoms with Crippen molar-refractivity contribution in [3.63, 3.8) is 0 Å². The Morgan fingerprint density at radius 2 is 1.24 bits per heavy atom. The second-order valence-corrected chi connectivity index (χ2v) is 8.38. The largest absolute Gasteiger partial charge is 0.480 e. The topological polar surface area (TPSA) is 263 Å². The fourth-order valence-corrected chi connectivity index (χ4v) is 2.98. The minimum Gasteiger partial charge on any atom is -0.480 e. The molecule has 14 nitrogen and oxygen atoms in total. The van der Waals surface area contributed by atoms with Crippen molar-refractivity contribution in [2.75, 3.05) is 6.54 Å². The first-order valence-electron chi connectivity index (χ1n) is 10.9. The highest BCUT2D eigenvalue weighted by molar-refractivity contribution is 5.96. The van der Waals surface area contributed by atoms with Crippen molar-refractivity contribution in [3.05, 3.63) is 0 Å². The van der Waals surface area contributed by atoms with Crippen molar-refractivity contribution >= 4 is 35.5 Å². The lowest BCUT2D eigenvalue weighted by Crippen LogP contribution is -2.58. The lowest BCUT2D eigenvalue weighted by atomic mass is 10.0. The smallest absolute Gasteiger partial charge is 0.326 e. The lowest BCUT2D eigenvalue weighted by molar-refractivity contribution is -0.144. The third-order valence-electron chi connectivity index (χ3n) is 4.70. The summed E-state index contributed by atoms with van der Waals surface area (Å²) in [5.74, 6) is -5.93. The van der Waals surface area contributed by atoms with E-state index >= 15 is 0 Å². The molecule has 4 atom stereocenters. The predicted molar refractivity (Wildman–Crippen MR) is 121 cm³/mol. The molecule has 0 aliphatic heterocycles. The van der Waals surface area contributed by atoms with Gasteiger partial charge in [-0.2, -0.15) is 0 Å². The summed E-state index contributed by atoms with van der Waals surface area (Å²) in [6.45, 7) is 4.07. The van der Waals surface area contributed by atoms with Gasteiger partial charge in [0.25, 0.3) is 0 Å². The Morgan fingerprint density at radius 1 is 0.765 bits per heavy atom. The minimum atomic E-state index is -1.67. The van der Waals surface area contributed by atoms with E-state index in [1.54, 1.807) is 0 Å². The molecule has 0 aliphatic carbocycles. The molecule has 194 valence electrons. The van der Waals surface area contributed by atoms with Crippen LogP contribution < -0.4 is 38.9 Å². The van der Waals surface area contributed by atoms with Crippen LogP contribution in [-0.4, -0.2) is 71.3 Å². The number of carboxylic acid groups (broad SMARTS) is 1. The SMILES string of the molecule is CC(C)CC(NC(=O)C(N)CCCCN)C(=O)NC(CC(N)=O)C(=O)NC(CC(N)=O)C(=O)O. The summed E-state index contributed by atoms with van der Waals surface area (Å²) in [6.07, 6.45) is 0.518. The molecule has 5 amide bonds. The van der Waals surface area contributed by atoms with E-state index in [-0.39, 0.29) is 12.3 Å². The molecule has 0 aromatic carbocycles. The number of rotatable bonds is 17. The molecule has 4 unspecified atom stereocenters. The van der Waals surface area contributed by atoms with Gasteiger partial charge in [0.05, 0.1) is 18.9 Å². The molecular weight excluding hydrogens is 450 g/mol. The fraction of sp³-hybridized carbons (Fsp3) is 0.700. The number of nitrogens with one attached hydrogen (secondary N) is 3. The van der Waals surface area contributed by atoms with Crippen LogP contribution in [0.2, 0.25) is 0 Å². The molecule has 14 heteroatoms. The van der Waals surface area contributed by atoms with Gasteiger partial charge in [-0.1, -0.05) is 20.3 Å². The molecule has 0 aromatic rings. The van der Waals surface area contributed by atoms with Crippen LogP contribution >= 0.6 is 0 Å². The summed E-state index contributed by atoms with van der Waals surface area (Å²) in [5, 5.41) is 16.1. The van der Waals surface area contributed by atoms with Crippen molar-refractivity contribution in [1.29, 1.82) is 0 Å². The lowest BCUT2D eigenvalue weighted by Gasteiger charge is -2.25. The van der Waals surface area contributed by atoms with Gasteiger partial charge in [-0.05, 0) is 31.7 Å². The van der Waals surface area contributed by atoms with Crippen LogP contribution in [0.3, 0.4) is 0 Å². The van der Waals surface area contributed by atoms with E-state index in [1.807, 2.05) is 19.2 Å². The number of unbranched alkanes of at least 4 members (excludes halogenated alkanes) is 1. The molecule has 0 fully saturated rings. The monoisotopic (exact) mass is 487 g/mol. The Hall–Kier alpha value is -3.26. The van der Waals surface area contributed by atoms with Gasteiger partial charge >= 0.3 is 5.97 Å². The molecule has 34 heavy (non-hydrogen) atoms. The predicted octanol–water partition coefficient (Wildman–Crippen LogP) is -3.22. The first-order chi connectivity index (χ1) is 15.8. The van der Waals surface area contributed by atoms with E-state index in [2.05, 4.69) is 10.6 Å². The van der Waals surface area contributed by atoms with Gasteiger partial charge in [0.15, 0.2) is 0 Å². The molecule has 0 aromatic heterocycles. The van der Waals surface area contributed by atoms with Gasteiger partial charge in [0, 0.05) is 0 Å². The van der Waals surface area contributed by atoms with Gasteiger partial charge in [-0.15, -0.1) is 0 Å². The maximum Gasteiger partial charge on any atom is 0.326 e. The molecule has 0 saturated carbocycles. The van der Waals surface area contributed by atoms with E-state index in [0.29, 0.717) is 25.8 Å². The van der Waals surface area contributed by atoms with Gasteiger partial charge in [-0.25, -0.2) is 4.79 Å². The number of amides is 5. The average molecular weight is 488 g/mol. The van der Waals surface area contributed by atoms with E-state index in [0.717, 1.165) is 0 Å². The number of hydrogen-bond acceptors (Lipinski definition) is 8. The van der Waals surface area contributed by atoms with Gasteiger partial charge in [0.1, 0.15) is 18.1 Å². The Kier molecular flexibility index (Phi) is 14.1. The average Bonchev–Trinajstić information content (AvgIpc) is 2.71. The second kappa shape index (κ2) is 15.6. The summed E-state index contributed by atoms with van der Waals surface area (Å²) in [7, 11) is 0. The van der Waals surface area contributed by atoms with Gasteiger partial charge < -0.3 is 44.0 Å². The van der Waals surface area contributed by atoms with Crippen LogP contribution in [0, 0.1) is 5.92 Å². The number of nitrogens with two attached hydrogens (primary N) is 4. The normalized spacial score (nSPS) is 14.4. The fourth-order valence-electron chi connectivity index (χ4n) is 2.98. The zero-order chi connectivity index (χ0) is 26.4. The summed E-state index contributed by atoms with van der Waals surface area (Å²) in [5.41, 5.74) is 21.4. The number of aliphatic carboxylic acids is 1. The summed E-state index contributed by atoms with van der Waals surface area (Å²) < 4.78 is 0. The molecule has 0 aliphatic rings. The zero-order valence-corrected chi connectivity index (χ0v) is 19.5. The summed E-state index contributed by atoms with van der Waals surface area (Å²) >= 11 is 0. The molecule has 0 heterocycles. The van der Waals surface area contributed by atoms with Crippen LogP contribution in [0.4, 0.5) is 0 Å². The maximum atomic E-state index is 12.9. The molecule has 0 bridgehead atoms.